The van der Waals surface area contributed by atoms with E-state index < -0.39 is 5.60 Å². The van der Waals surface area contributed by atoms with Crippen LogP contribution < -0.4 is 15.4 Å². The Morgan fingerprint density at radius 2 is 1.90 bits per heavy atom. The number of rotatable bonds is 9. The van der Waals surface area contributed by atoms with Crippen LogP contribution in [0.4, 0.5) is 11.9 Å². The Labute approximate surface area is 125 Å². The number of anilines is 2. The van der Waals surface area contributed by atoms with E-state index in [1.165, 1.54) is 0 Å². The summed E-state index contributed by atoms with van der Waals surface area (Å²) in [6.45, 7) is 6.29. The summed E-state index contributed by atoms with van der Waals surface area (Å²) in [5.41, 5.74) is -0.915. The largest absolute Gasteiger partial charge is 0.461 e. The summed E-state index contributed by atoms with van der Waals surface area (Å²) in [5, 5.41) is 16.0. The molecule has 0 aromatic carbocycles. The Kier molecular flexibility index (Phi) is 6.57. The summed E-state index contributed by atoms with van der Waals surface area (Å²) in [4.78, 5) is 12.5. The highest BCUT2D eigenvalue weighted by Gasteiger charge is 2.20. The molecule has 1 atom stereocenters. The van der Waals surface area contributed by atoms with E-state index in [-0.39, 0.29) is 12.1 Å². The van der Waals surface area contributed by atoms with Gasteiger partial charge in [-0.1, -0.05) is 0 Å². The quantitative estimate of drug-likeness (QED) is 0.618. The topological polar surface area (TPSA) is 101 Å². The first kappa shape index (κ1) is 17.4. The van der Waals surface area contributed by atoms with Crippen molar-refractivity contribution in [2.24, 2.45) is 0 Å². The molecular formula is C13H25N5O3. The molecule has 1 rings (SSSR count). The van der Waals surface area contributed by atoms with Crippen molar-refractivity contribution in [2.45, 2.75) is 38.9 Å². The lowest BCUT2D eigenvalue weighted by atomic mass is 10.0. The van der Waals surface area contributed by atoms with Gasteiger partial charge in [-0.05, 0) is 20.8 Å². The maximum absolute atomic E-state index is 10.2. The SMILES string of the molecule is CNc1nc(NCC(C)(O)CCOC)nc(OC(C)C)n1. The number of ether oxygens (including phenoxy) is 2. The van der Waals surface area contributed by atoms with E-state index in [1.807, 2.05) is 13.8 Å². The van der Waals surface area contributed by atoms with Gasteiger partial charge in [0.15, 0.2) is 0 Å². The van der Waals surface area contributed by atoms with Crippen LogP contribution in [0.2, 0.25) is 0 Å². The molecule has 1 heterocycles. The summed E-state index contributed by atoms with van der Waals surface area (Å²) in [6, 6.07) is 0.239. The first-order chi connectivity index (χ1) is 9.86. The Hall–Kier alpha value is -1.67. The van der Waals surface area contributed by atoms with E-state index in [1.54, 1.807) is 21.1 Å². The number of aliphatic hydroxyl groups is 1. The summed E-state index contributed by atoms with van der Waals surface area (Å²) in [6.07, 6.45) is 0.477. The second-order valence-electron chi connectivity index (χ2n) is 5.28. The number of aromatic nitrogens is 3. The normalized spacial score (nSPS) is 13.9. The van der Waals surface area contributed by atoms with E-state index in [0.29, 0.717) is 31.5 Å². The molecule has 0 aliphatic rings. The molecule has 120 valence electrons. The molecule has 1 unspecified atom stereocenters. The Bertz CT molecular complexity index is 440. The maximum atomic E-state index is 10.2. The molecule has 3 N–H and O–H groups in total. The van der Waals surface area contributed by atoms with Crippen LogP contribution in [0.15, 0.2) is 0 Å². The van der Waals surface area contributed by atoms with Crippen molar-refractivity contribution in [1.29, 1.82) is 0 Å². The van der Waals surface area contributed by atoms with Crippen molar-refractivity contribution in [3.8, 4) is 6.01 Å². The average molecular weight is 299 g/mol. The maximum Gasteiger partial charge on any atom is 0.323 e. The van der Waals surface area contributed by atoms with Crippen LogP contribution in [0, 0.1) is 0 Å². The van der Waals surface area contributed by atoms with E-state index in [4.69, 9.17) is 9.47 Å². The zero-order chi connectivity index (χ0) is 15.9. The standard InChI is InChI=1S/C13H25N5O3/c1-9(2)21-12-17-10(14-4)16-11(18-12)15-8-13(3,19)6-7-20-5/h9,19H,6-8H2,1-5H3,(H2,14,15,16,17,18). The van der Waals surface area contributed by atoms with Crippen molar-refractivity contribution in [3.05, 3.63) is 0 Å². The van der Waals surface area contributed by atoms with Crippen molar-refractivity contribution in [1.82, 2.24) is 15.0 Å². The summed E-state index contributed by atoms with van der Waals surface area (Å²) >= 11 is 0. The third-order valence-electron chi connectivity index (χ3n) is 2.65. The second kappa shape index (κ2) is 7.94. The van der Waals surface area contributed by atoms with E-state index in [0.717, 1.165) is 0 Å². The molecule has 21 heavy (non-hydrogen) atoms. The molecule has 8 heteroatoms. The lowest BCUT2D eigenvalue weighted by Crippen LogP contribution is -2.35. The first-order valence-electron chi connectivity index (χ1n) is 6.92. The average Bonchev–Trinajstić information content (AvgIpc) is 2.42. The highest BCUT2D eigenvalue weighted by atomic mass is 16.5. The summed E-state index contributed by atoms with van der Waals surface area (Å²) in [5.74, 6) is 0.752. The molecule has 1 aromatic rings. The van der Waals surface area contributed by atoms with Gasteiger partial charge in [0.1, 0.15) is 0 Å². The zero-order valence-electron chi connectivity index (χ0n) is 13.3. The van der Waals surface area contributed by atoms with Crippen molar-refractivity contribution >= 4 is 11.9 Å². The highest BCUT2D eigenvalue weighted by molar-refractivity contribution is 5.35. The van der Waals surface area contributed by atoms with Gasteiger partial charge in [-0.3, -0.25) is 0 Å². The summed E-state index contributed by atoms with van der Waals surface area (Å²) in [7, 11) is 3.32. The molecular weight excluding hydrogens is 274 g/mol. The number of hydrogen-bond donors (Lipinski definition) is 3. The van der Waals surface area contributed by atoms with E-state index in [9.17, 15) is 5.11 Å². The van der Waals surface area contributed by atoms with Crippen LogP contribution in [0.1, 0.15) is 27.2 Å². The fraction of sp³-hybridized carbons (Fsp3) is 0.769. The van der Waals surface area contributed by atoms with Gasteiger partial charge in [-0.25, -0.2) is 0 Å². The van der Waals surface area contributed by atoms with Crippen LogP contribution in [0.5, 0.6) is 6.01 Å². The van der Waals surface area contributed by atoms with Gasteiger partial charge in [-0.15, -0.1) is 0 Å². The molecule has 0 spiro atoms. The van der Waals surface area contributed by atoms with Crippen molar-refractivity contribution in [2.75, 3.05) is 37.9 Å². The molecule has 1 aromatic heterocycles. The van der Waals surface area contributed by atoms with Crippen molar-refractivity contribution < 1.29 is 14.6 Å². The van der Waals surface area contributed by atoms with Crippen LogP contribution in [-0.2, 0) is 4.74 Å². The minimum atomic E-state index is -0.915. The van der Waals surface area contributed by atoms with E-state index in [2.05, 4.69) is 25.6 Å². The number of nitrogens with zero attached hydrogens (tertiary/aromatic N) is 3. The fourth-order valence-electron chi connectivity index (χ4n) is 1.49. The second-order valence-corrected chi connectivity index (χ2v) is 5.28. The molecule has 0 amide bonds. The van der Waals surface area contributed by atoms with Gasteiger partial charge in [0, 0.05) is 33.7 Å². The number of nitrogens with one attached hydrogen (secondary N) is 2. The minimum Gasteiger partial charge on any atom is -0.461 e. The van der Waals surface area contributed by atoms with Gasteiger partial charge in [0.25, 0.3) is 0 Å². The molecule has 0 bridgehead atoms. The van der Waals surface area contributed by atoms with Gasteiger partial charge in [0.05, 0.1) is 11.7 Å². The van der Waals surface area contributed by atoms with Crippen molar-refractivity contribution in [3.63, 3.8) is 0 Å². The Morgan fingerprint density at radius 3 is 2.48 bits per heavy atom. The fourth-order valence-corrected chi connectivity index (χ4v) is 1.49. The molecule has 0 fully saturated rings. The molecule has 0 aliphatic heterocycles. The van der Waals surface area contributed by atoms with Gasteiger partial charge >= 0.3 is 6.01 Å². The van der Waals surface area contributed by atoms with Crippen LogP contribution in [-0.4, -0.2) is 59.1 Å². The monoisotopic (exact) mass is 299 g/mol. The number of methoxy groups -OCH3 is 1. The van der Waals surface area contributed by atoms with Gasteiger partial charge in [0.2, 0.25) is 11.9 Å². The van der Waals surface area contributed by atoms with Gasteiger partial charge in [-0.2, -0.15) is 15.0 Å². The molecule has 0 saturated heterocycles. The van der Waals surface area contributed by atoms with Gasteiger partial charge < -0.3 is 25.2 Å². The molecule has 0 radical (unpaired) electrons. The smallest absolute Gasteiger partial charge is 0.323 e. The first-order valence-corrected chi connectivity index (χ1v) is 6.92. The third-order valence-corrected chi connectivity index (χ3v) is 2.65. The minimum absolute atomic E-state index is 0.0326. The molecule has 0 saturated carbocycles. The van der Waals surface area contributed by atoms with E-state index >= 15 is 0 Å². The lowest BCUT2D eigenvalue weighted by Gasteiger charge is -2.23. The highest BCUT2D eigenvalue weighted by Crippen LogP contribution is 2.14. The Morgan fingerprint density at radius 1 is 1.24 bits per heavy atom. The van der Waals surface area contributed by atoms with Crippen LogP contribution >= 0.6 is 0 Å². The predicted molar refractivity (Wildman–Crippen MR) is 80.7 cm³/mol. The third kappa shape index (κ3) is 6.54. The van der Waals surface area contributed by atoms with Crippen LogP contribution in [0.25, 0.3) is 0 Å². The lowest BCUT2D eigenvalue weighted by molar-refractivity contribution is 0.0356. The molecule has 8 nitrogen and oxygen atoms in total. The predicted octanol–water partition coefficient (Wildman–Crippen LogP) is 0.900. The molecule has 0 aliphatic carbocycles. The van der Waals surface area contributed by atoms with Crippen LogP contribution in [0.3, 0.4) is 0 Å². The zero-order valence-corrected chi connectivity index (χ0v) is 13.3. The number of hydrogen-bond acceptors (Lipinski definition) is 8. The Balaban J connectivity index is 2.73. The summed E-state index contributed by atoms with van der Waals surface area (Å²) < 4.78 is 10.4.